The molecule has 1 nitrogen and oxygen atoms in total. The molecule has 1 atom stereocenters. The molecule has 2 heteroatoms. The second-order valence-electron chi connectivity index (χ2n) is 0.971. The molecule has 1 N–H and O–H groups in total. The molecular formula is C4H11ClO. The van der Waals surface area contributed by atoms with Crippen LogP contribution in [0.1, 0.15) is 21.1 Å². The van der Waals surface area contributed by atoms with Gasteiger partial charge in [0.25, 0.3) is 0 Å². The Morgan fingerprint density at radius 3 is 2.33 bits per heavy atom. The molecule has 0 saturated heterocycles. The maximum Gasteiger partial charge on any atom is 0.0564 e. The van der Waals surface area contributed by atoms with Gasteiger partial charge in [0.15, 0.2) is 0 Å². The summed E-state index contributed by atoms with van der Waals surface area (Å²) in [6.45, 7) is 1.09. The Hall–Kier alpha value is 0.250. The Bertz CT molecular complexity index is 32.9. The lowest BCUT2D eigenvalue weighted by molar-refractivity contribution is 0.287. The molecule has 0 amide bonds. The van der Waals surface area contributed by atoms with Crippen LogP contribution in [0.15, 0.2) is 0 Å². The van der Waals surface area contributed by atoms with Crippen molar-refractivity contribution in [2.75, 3.05) is 6.58 Å². The fraction of sp³-hybridized carbons (Fsp3) is 1.00. The standard InChI is InChI=1S/C4H10O.ClH/c1-2-3-4-5;/h5H,2-4H2,1H3;1H/i4D;. The first-order valence-corrected chi connectivity index (χ1v) is 1.87. The molecule has 0 aliphatic carbocycles. The van der Waals surface area contributed by atoms with Crippen LogP contribution in [0, 0.1) is 0 Å². The largest absolute Gasteiger partial charge is 0.396 e. The molecule has 1 unspecified atom stereocenters. The van der Waals surface area contributed by atoms with E-state index in [0.29, 0.717) is 6.42 Å². The number of hydrogen-bond donors (Lipinski definition) is 1. The minimum atomic E-state index is -0.852. The van der Waals surface area contributed by atoms with E-state index in [-0.39, 0.29) is 12.4 Å². The molecule has 6 heavy (non-hydrogen) atoms. The van der Waals surface area contributed by atoms with Crippen LogP contribution in [-0.2, 0) is 0 Å². The van der Waals surface area contributed by atoms with Gasteiger partial charge in [0.05, 0.1) is 1.37 Å². The molecule has 0 heterocycles. The van der Waals surface area contributed by atoms with Crippen LogP contribution in [0.5, 0.6) is 0 Å². The van der Waals surface area contributed by atoms with E-state index in [2.05, 4.69) is 0 Å². The number of halogens is 1. The average Bonchev–Trinajstić information content (AvgIpc) is 1.35. The van der Waals surface area contributed by atoms with Crippen molar-refractivity contribution in [1.82, 2.24) is 0 Å². The quantitative estimate of drug-likeness (QED) is 0.568. The van der Waals surface area contributed by atoms with Crippen LogP contribution in [0.25, 0.3) is 0 Å². The van der Waals surface area contributed by atoms with Gasteiger partial charge in [-0.3, -0.25) is 0 Å². The third-order valence-electron chi connectivity index (χ3n) is 0.418. The highest BCUT2D eigenvalue weighted by Gasteiger charge is 1.69. The Morgan fingerprint density at radius 1 is 1.83 bits per heavy atom. The van der Waals surface area contributed by atoms with Gasteiger partial charge in [0.1, 0.15) is 0 Å². The minimum Gasteiger partial charge on any atom is -0.396 e. The molecule has 0 aromatic heterocycles. The minimum absolute atomic E-state index is 0. The number of hydrogen-bond acceptors (Lipinski definition) is 1. The summed E-state index contributed by atoms with van der Waals surface area (Å²) in [7, 11) is 0. The summed E-state index contributed by atoms with van der Waals surface area (Å²) in [5.41, 5.74) is 0. The van der Waals surface area contributed by atoms with E-state index in [0.717, 1.165) is 6.42 Å². The lowest BCUT2D eigenvalue weighted by Gasteiger charge is -1.79. The summed E-state index contributed by atoms with van der Waals surface area (Å²) in [6.07, 6.45) is 1.49. The topological polar surface area (TPSA) is 20.2 Å². The van der Waals surface area contributed by atoms with Gasteiger partial charge in [0, 0.05) is 6.58 Å². The van der Waals surface area contributed by atoms with Crippen molar-refractivity contribution < 1.29 is 6.48 Å². The molecule has 0 radical (unpaired) electrons. The van der Waals surface area contributed by atoms with Crippen molar-refractivity contribution in [3.05, 3.63) is 0 Å². The second-order valence-corrected chi connectivity index (χ2v) is 0.971. The van der Waals surface area contributed by atoms with E-state index < -0.39 is 6.58 Å². The maximum absolute atomic E-state index is 8.22. The highest BCUT2D eigenvalue weighted by molar-refractivity contribution is 5.85. The first kappa shape index (κ1) is 6.25. The van der Waals surface area contributed by atoms with Crippen LogP contribution in [-0.4, -0.2) is 11.7 Å². The highest BCUT2D eigenvalue weighted by atomic mass is 35.5. The predicted octanol–water partition coefficient (Wildman–Crippen LogP) is 1.20. The van der Waals surface area contributed by atoms with Crippen LogP contribution >= 0.6 is 12.4 Å². The molecular weight excluding hydrogens is 99.5 g/mol. The molecule has 0 fully saturated rings. The van der Waals surface area contributed by atoms with E-state index in [9.17, 15) is 0 Å². The number of rotatable bonds is 2. The van der Waals surface area contributed by atoms with Crippen molar-refractivity contribution in [3.63, 3.8) is 0 Å². The lowest BCUT2D eigenvalue weighted by Crippen LogP contribution is -1.75. The van der Waals surface area contributed by atoms with Gasteiger partial charge in [-0.1, -0.05) is 13.3 Å². The zero-order valence-electron chi connectivity index (χ0n) is 4.85. The zero-order valence-corrected chi connectivity index (χ0v) is 4.66. The van der Waals surface area contributed by atoms with Gasteiger partial charge in [-0.2, -0.15) is 0 Å². The molecule has 0 aromatic carbocycles. The smallest absolute Gasteiger partial charge is 0.0564 e. The van der Waals surface area contributed by atoms with Gasteiger partial charge in [-0.15, -0.1) is 12.4 Å². The molecule has 0 aliphatic heterocycles. The SMILES string of the molecule is Cl.[2H]C(O)CCC. The summed E-state index contributed by atoms with van der Waals surface area (Å²) in [5.74, 6) is 0. The van der Waals surface area contributed by atoms with E-state index in [1.54, 1.807) is 0 Å². The summed E-state index contributed by atoms with van der Waals surface area (Å²) >= 11 is 0. The van der Waals surface area contributed by atoms with Crippen molar-refractivity contribution in [2.24, 2.45) is 0 Å². The first-order valence-electron chi connectivity index (χ1n) is 2.45. The number of aliphatic hydroxyl groups excluding tert-OH is 1. The fourth-order valence-electron chi connectivity index (χ4n) is 0.129. The summed E-state index contributed by atoms with van der Waals surface area (Å²) in [6, 6.07) is 0. The van der Waals surface area contributed by atoms with Crippen LogP contribution in [0.4, 0.5) is 0 Å². The third-order valence-corrected chi connectivity index (χ3v) is 0.418. The van der Waals surface area contributed by atoms with Crippen LogP contribution < -0.4 is 0 Å². The van der Waals surface area contributed by atoms with Crippen LogP contribution in [0.2, 0.25) is 0 Å². The summed E-state index contributed by atoms with van der Waals surface area (Å²) < 4.78 is 6.53. The second kappa shape index (κ2) is 8.98. The van der Waals surface area contributed by atoms with E-state index in [4.69, 9.17) is 6.48 Å². The fourth-order valence-corrected chi connectivity index (χ4v) is 0.129. The molecule has 0 aromatic rings. The average molecular weight is 112 g/mol. The van der Waals surface area contributed by atoms with E-state index >= 15 is 0 Å². The van der Waals surface area contributed by atoms with Gasteiger partial charge in [0.2, 0.25) is 0 Å². The van der Waals surface area contributed by atoms with Crippen LogP contribution in [0.3, 0.4) is 0 Å². The maximum atomic E-state index is 8.22. The lowest BCUT2D eigenvalue weighted by atomic mass is 10.4. The van der Waals surface area contributed by atoms with Gasteiger partial charge >= 0.3 is 0 Å². The molecule has 0 saturated carbocycles. The molecule has 0 aliphatic rings. The monoisotopic (exact) mass is 111 g/mol. The van der Waals surface area contributed by atoms with Crippen molar-refractivity contribution in [2.45, 2.75) is 19.8 Å². The zero-order chi connectivity index (χ0) is 4.99. The molecule has 0 spiro atoms. The Balaban J connectivity index is 0. The molecule has 40 valence electrons. The molecule has 0 bridgehead atoms. The highest BCUT2D eigenvalue weighted by Crippen LogP contribution is 1.78. The van der Waals surface area contributed by atoms with Gasteiger partial charge < -0.3 is 5.11 Å². The third kappa shape index (κ3) is 8.87. The van der Waals surface area contributed by atoms with E-state index in [1.807, 2.05) is 6.92 Å². The van der Waals surface area contributed by atoms with Gasteiger partial charge in [-0.25, -0.2) is 0 Å². The summed E-state index contributed by atoms with van der Waals surface area (Å²) in [4.78, 5) is 0. The van der Waals surface area contributed by atoms with Crippen molar-refractivity contribution >= 4 is 12.4 Å². The van der Waals surface area contributed by atoms with E-state index in [1.165, 1.54) is 0 Å². The summed E-state index contributed by atoms with van der Waals surface area (Å²) in [5, 5.41) is 8.22. The Labute approximate surface area is 46.2 Å². The van der Waals surface area contributed by atoms with Gasteiger partial charge in [-0.05, 0) is 6.42 Å². The van der Waals surface area contributed by atoms with Crippen molar-refractivity contribution in [1.29, 1.82) is 0 Å². The predicted molar refractivity (Wildman–Crippen MR) is 29.2 cm³/mol. The Kier molecular flexibility index (Phi) is 9.35. The first-order chi connectivity index (χ1) is 2.77. The Morgan fingerprint density at radius 2 is 2.33 bits per heavy atom. The number of aliphatic hydroxyl groups is 1. The molecule has 0 rings (SSSR count). The normalized spacial score (nSPS) is 14.7. The van der Waals surface area contributed by atoms with Crippen molar-refractivity contribution in [3.8, 4) is 0 Å².